The Morgan fingerprint density at radius 2 is 2.16 bits per heavy atom. The Morgan fingerprint density at radius 3 is 2.84 bits per heavy atom. The van der Waals surface area contributed by atoms with Crippen molar-refractivity contribution in [2.24, 2.45) is 0 Å². The number of halogens is 1. The average Bonchev–Trinajstić information content (AvgIpc) is 2.53. The van der Waals surface area contributed by atoms with E-state index < -0.39 is 5.25 Å². The highest BCUT2D eigenvalue weighted by molar-refractivity contribution is 8.00. The summed E-state index contributed by atoms with van der Waals surface area (Å²) in [6.07, 6.45) is 1.62. The number of thioether (sulfide) groups is 1. The predicted octanol–water partition coefficient (Wildman–Crippen LogP) is 3.00. The zero-order valence-corrected chi connectivity index (χ0v) is 15.4. The lowest BCUT2D eigenvalue weighted by Gasteiger charge is -2.21. The molecule has 25 heavy (non-hydrogen) atoms. The maximum atomic E-state index is 13.3. The molecule has 0 radical (unpaired) electrons. The Morgan fingerprint density at radius 1 is 1.40 bits per heavy atom. The first-order valence-corrected chi connectivity index (χ1v) is 9.03. The number of carbonyl (C=O) groups excluding carboxylic acids is 1. The second-order valence-electron chi connectivity index (χ2n) is 5.88. The van der Waals surface area contributed by atoms with Crippen LogP contribution < -0.4 is 5.56 Å². The largest absolute Gasteiger partial charge is 0.340 e. The van der Waals surface area contributed by atoms with Crippen LogP contribution in [-0.4, -0.2) is 33.1 Å². The third-order valence-corrected chi connectivity index (χ3v) is 4.57. The van der Waals surface area contributed by atoms with Crippen LogP contribution in [0.2, 0.25) is 0 Å². The van der Waals surface area contributed by atoms with Gasteiger partial charge in [0, 0.05) is 25.4 Å². The summed E-state index contributed by atoms with van der Waals surface area (Å²) < 4.78 is 13.3. The molecular formula is C18H22FN3O2S. The molecule has 2 aromatic rings. The number of rotatable bonds is 7. The number of hydrogen-bond acceptors (Lipinski definition) is 4. The number of aryl methyl sites for hydroxylation is 1. The van der Waals surface area contributed by atoms with Gasteiger partial charge in [-0.3, -0.25) is 9.59 Å². The molecule has 2 rings (SSSR count). The summed E-state index contributed by atoms with van der Waals surface area (Å²) in [5.41, 5.74) is 1.24. The van der Waals surface area contributed by atoms with E-state index in [2.05, 4.69) is 9.97 Å². The first kappa shape index (κ1) is 19.2. The summed E-state index contributed by atoms with van der Waals surface area (Å²) in [4.78, 5) is 32.8. The van der Waals surface area contributed by atoms with Crippen molar-refractivity contribution in [1.29, 1.82) is 0 Å². The van der Waals surface area contributed by atoms with Crippen LogP contribution in [0.4, 0.5) is 4.39 Å². The molecule has 0 aliphatic rings. The fraction of sp³-hybridized carbons (Fsp3) is 0.389. The number of nitrogens with zero attached hydrogens (tertiary/aromatic N) is 2. The van der Waals surface area contributed by atoms with Crippen molar-refractivity contribution in [3.05, 3.63) is 57.8 Å². The Labute approximate surface area is 150 Å². The van der Waals surface area contributed by atoms with Crippen LogP contribution >= 0.6 is 11.8 Å². The number of amides is 1. The molecule has 0 aliphatic heterocycles. The number of carbonyl (C=O) groups is 1. The molecule has 1 aromatic heterocycles. The second kappa shape index (κ2) is 8.80. The van der Waals surface area contributed by atoms with Gasteiger partial charge in [-0.15, -0.1) is 0 Å². The van der Waals surface area contributed by atoms with Gasteiger partial charge in [0.15, 0.2) is 5.16 Å². The smallest absolute Gasteiger partial charge is 0.251 e. The van der Waals surface area contributed by atoms with Gasteiger partial charge < -0.3 is 9.88 Å². The lowest BCUT2D eigenvalue weighted by Crippen LogP contribution is -2.33. The highest BCUT2D eigenvalue weighted by Crippen LogP contribution is 2.21. The van der Waals surface area contributed by atoms with E-state index in [4.69, 9.17) is 0 Å². The van der Waals surface area contributed by atoms with Gasteiger partial charge in [0.25, 0.3) is 5.56 Å². The molecule has 1 atom stereocenters. The summed E-state index contributed by atoms with van der Waals surface area (Å²) in [5.74, 6) is -0.437. The molecular weight excluding hydrogens is 341 g/mol. The number of aromatic amines is 1. The number of aromatic nitrogens is 2. The topological polar surface area (TPSA) is 66.1 Å². The molecule has 134 valence electrons. The van der Waals surface area contributed by atoms with Crippen molar-refractivity contribution in [2.75, 3.05) is 7.05 Å². The molecule has 1 aromatic carbocycles. The van der Waals surface area contributed by atoms with Crippen molar-refractivity contribution in [2.45, 2.75) is 43.6 Å². The number of H-pyrrole nitrogens is 1. The lowest BCUT2D eigenvalue weighted by molar-refractivity contribution is -0.129. The fourth-order valence-corrected chi connectivity index (χ4v) is 3.38. The van der Waals surface area contributed by atoms with E-state index in [1.54, 1.807) is 31.0 Å². The van der Waals surface area contributed by atoms with Crippen molar-refractivity contribution >= 4 is 17.7 Å². The quantitative estimate of drug-likeness (QED) is 0.607. The van der Waals surface area contributed by atoms with Gasteiger partial charge >= 0.3 is 0 Å². The Balaban J connectivity index is 2.03. The summed E-state index contributed by atoms with van der Waals surface area (Å²) >= 11 is 1.22. The van der Waals surface area contributed by atoms with Crippen molar-refractivity contribution in [3.8, 4) is 0 Å². The fourth-order valence-electron chi connectivity index (χ4n) is 2.44. The molecule has 0 saturated heterocycles. The third-order valence-electron chi connectivity index (χ3n) is 3.60. The van der Waals surface area contributed by atoms with Crippen LogP contribution in [0.1, 0.15) is 31.5 Å². The van der Waals surface area contributed by atoms with Gasteiger partial charge in [0.2, 0.25) is 5.91 Å². The van der Waals surface area contributed by atoms with E-state index in [1.807, 2.05) is 6.92 Å². The molecule has 0 unspecified atom stereocenters. The van der Waals surface area contributed by atoms with Crippen molar-refractivity contribution in [3.63, 3.8) is 0 Å². The number of nitrogens with one attached hydrogen (secondary N) is 1. The van der Waals surface area contributed by atoms with E-state index >= 15 is 0 Å². The molecule has 1 amide bonds. The van der Waals surface area contributed by atoms with Gasteiger partial charge in [-0.1, -0.05) is 37.2 Å². The van der Waals surface area contributed by atoms with Crippen LogP contribution in [0.25, 0.3) is 0 Å². The molecule has 1 N–H and O–H groups in total. The summed E-state index contributed by atoms with van der Waals surface area (Å²) in [6, 6.07) is 7.66. The van der Waals surface area contributed by atoms with Crippen LogP contribution in [0.3, 0.4) is 0 Å². The molecule has 5 nitrogen and oxygen atoms in total. The molecule has 0 aliphatic carbocycles. The van der Waals surface area contributed by atoms with Gasteiger partial charge in [0.1, 0.15) is 5.82 Å². The Hall–Kier alpha value is -2.15. The van der Waals surface area contributed by atoms with Crippen molar-refractivity contribution < 1.29 is 9.18 Å². The van der Waals surface area contributed by atoms with E-state index in [0.717, 1.165) is 24.1 Å². The zero-order chi connectivity index (χ0) is 18.4. The average molecular weight is 363 g/mol. The number of hydrogen-bond donors (Lipinski definition) is 1. The highest BCUT2D eigenvalue weighted by atomic mass is 32.2. The minimum Gasteiger partial charge on any atom is -0.340 e. The first-order valence-electron chi connectivity index (χ1n) is 8.15. The van der Waals surface area contributed by atoms with Gasteiger partial charge in [-0.2, -0.15) is 0 Å². The minimum atomic E-state index is -0.418. The Kier molecular flexibility index (Phi) is 6.75. The monoisotopic (exact) mass is 363 g/mol. The first-order chi connectivity index (χ1) is 11.9. The molecule has 0 bridgehead atoms. The summed E-state index contributed by atoms with van der Waals surface area (Å²) in [7, 11) is 1.67. The number of benzene rings is 1. The normalized spacial score (nSPS) is 12.0. The third kappa shape index (κ3) is 5.70. The van der Waals surface area contributed by atoms with Crippen LogP contribution in [0, 0.1) is 5.82 Å². The maximum Gasteiger partial charge on any atom is 0.251 e. The Bertz CT molecular complexity index is 794. The molecule has 0 fully saturated rings. The van der Waals surface area contributed by atoms with E-state index in [9.17, 15) is 14.0 Å². The summed E-state index contributed by atoms with van der Waals surface area (Å²) in [5, 5.41) is 0.0227. The molecule has 7 heteroatoms. The van der Waals surface area contributed by atoms with E-state index in [-0.39, 0.29) is 17.3 Å². The van der Waals surface area contributed by atoms with Crippen LogP contribution in [-0.2, 0) is 17.8 Å². The second-order valence-corrected chi connectivity index (χ2v) is 7.21. The van der Waals surface area contributed by atoms with Gasteiger partial charge in [-0.25, -0.2) is 9.37 Å². The standard InChI is InChI=1S/C18H22FN3O2S/c1-4-6-15-10-16(23)21-18(20-15)25-12(2)17(24)22(3)11-13-7-5-8-14(19)9-13/h5,7-10,12H,4,6,11H2,1-3H3,(H,20,21,23)/t12-/m0/s1. The highest BCUT2D eigenvalue weighted by Gasteiger charge is 2.20. The SMILES string of the molecule is CCCc1cc(=O)[nH]c(S[C@@H](C)C(=O)N(C)Cc2cccc(F)c2)n1. The van der Waals surface area contributed by atoms with Gasteiger partial charge in [0.05, 0.1) is 5.25 Å². The minimum absolute atomic E-state index is 0.113. The van der Waals surface area contributed by atoms with E-state index in [0.29, 0.717) is 11.7 Å². The van der Waals surface area contributed by atoms with Crippen LogP contribution in [0.15, 0.2) is 40.3 Å². The van der Waals surface area contributed by atoms with E-state index in [1.165, 1.54) is 30.0 Å². The summed E-state index contributed by atoms with van der Waals surface area (Å²) in [6.45, 7) is 4.10. The lowest BCUT2D eigenvalue weighted by atomic mass is 10.2. The van der Waals surface area contributed by atoms with Gasteiger partial charge in [-0.05, 0) is 31.0 Å². The molecule has 1 heterocycles. The molecule has 0 spiro atoms. The predicted molar refractivity (Wildman–Crippen MR) is 97.0 cm³/mol. The van der Waals surface area contributed by atoms with Crippen LogP contribution in [0.5, 0.6) is 0 Å². The van der Waals surface area contributed by atoms with Crippen molar-refractivity contribution in [1.82, 2.24) is 14.9 Å². The maximum absolute atomic E-state index is 13.3. The molecule has 0 saturated carbocycles. The zero-order valence-electron chi connectivity index (χ0n) is 14.6.